The van der Waals surface area contributed by atoms with Gasteiger partial charge in [0.15, 0.2) is 0 Å². The molecular weight excluding hydrogens is 275 g/mol. The van der Waals surface area contributed by atoms with Crippen LogP contribution in [0.4, 0.5) is 0 Å². The van der Waals surface area contributed by atoms with Crippen LogP contribution < -0.4 is 0 Å². The van der Waals surface area contributed by atoms with E-state index in [1.165, 1.54) is 4.88 Å². The number of aliphatic hydroxyl groups excluding tert-OH is 1. The summed E-state index contributed by atoms with van der Waals surface area (Å²) in [5.74, 6) is 0. The van der Waals surface area contributed by atoms with E-state index < -0.39 is 6.10 Å². The summed E-state index contributed by atoms with van der Waals surface area (Å²) in [6.07, 6.45) is 0.752. The second-order valence-electron chi connectivity index (χ2n) is 3.88. The number of hydrogen-bond acceptors (Lipinski definition) is 2. The van der Waals surface area contributed by atoms with Crippen LogP contribution in [0.25, 0.3) is 0 Å². The van der Waals surface area contributed by atoms with E-state index in [4.69, 9.17) is 23.2 Å². The molecule has 0 spiro atoms. The molecule has 0 aliphatic carbocycles. The van der Waals surface area contributed by atoms with Crippen molar-refractivity contribution in [1.82, 2.24) is 0 Å². The Kier molecular flexibility index (Phi) is 4.46. The van der Waals surface area contributed by atoms with Crippen LogP contribution in [-0.2, 0) is 12.8 Å². The van der Waals surface area contributed by atoms with E-state index in [9.17, 15) is 5.11 Å². The number of halogens is 2. The van der Waals surface area contributed by atoms with Gasteiger partial charge in [0.1, 0.15) is 0 Å². The van der Waals surface area contributed by atoms with E-state index in [1.807, 2.05) is 23.6 Å². The predicted molar refractivity (Wildman–Crippen MR) is 74.2 cm³/mol. The fourth-order valence-electron chi connectivity index (χ4n) is 1.69. The highest BCUT2D eigenvalue weighted by Gasteiger charge is 2.10. The molecule has 1 unspecified atom stereocenters. The predicted octanol–water partition coefficient (Wildman–Crippen LogP) is 4.20. The average molecular weight is 287 g/mol. The number of aliphatic hydroxyl groups is 1. The molecule has 1 nitrogen and oxygen atoms in total. The topological polar surface area (TPSA) is 20.2 Å². The van der Waals surface area contributed by atoms with E-state index in [-0.39, 0.29) is 0 Å². The average Bonchev–Trinajstić information content (AvgIpc) is 2.76. The molecule has 90 valence electrons. The standard InChI is InChI=1S/C13H12Cl2OS/c14-10-3-4-13(15)9(6-10)7-11(16)8-12-2-1-5-17-12/h1-6,11,16H,7-8H2. The molecule has 17 heavy (non-hydrogen) atoms. The molecular formula is C13H12Cl2OS. The summed E-state index contributed by atoms with van der Waals surface area (Å²) < 4.78 is 0. The van der Waals surface area contributed by atoms with Crippen molar-refractivity contribution in [2.75, 3.05) is 0 Å². The summed E-state index contributed by atoms with van der Waals surface area (Å²) in [4.78, 5) is 1.18. The molecule has 2 aromatic rings. The van der Waals surface area contributed by atoms with Gasteiger partial charge in [-0.25, -0.2) is 0 Å². The summed E-state index contributed by atoms with van der Waals surface area (Å²) in [6.45, 7) is 0. The Balaban J connectivity index is 2.02. The monoisotopic (exact) mass is 286 g/mol. The minimum Gasteiger partial charge on any atom is -0.392 e. The number of rotatable bonds is 4. The summed E-state index contributed by atoms with van der Waals surface area (Å²) in [5, 5.41) is 13.3. The molecule has 1 aromatic carbocycles. The van der Waals surface area contributed by atoms with Crippen molar-refractivity contribution < 1.29 is 5.11 Å². The highest BCUT2D eigenvalue weighted by molar-refractivity contribution is 7.09. The molecule has 1 atom stereocenters. The maximum Gasteiger partial charge on any atom is 0.0629 e. The van der Waals surface area contributed by atoms with Crippen molar-refractivity contribution in [3.05, 3.63) is 56.2 Å². The first-order chi connectivity index (χ1) is 8.15. The Morgan fingerprint density at radius 3 is 2.71 bits per heavy atom. The highest BCUT2D eigenvalue weighted by atomic mass is 35.5. The van der Waals surface area contributed by atoms with Crippen LogP contribution >= 0.6 is 34.5 Å². The fraction of sp³-hybridized carbons (Fsp3) is 0.231. The van der Waals surface area contributed by atoms with Crippen LogP contribution in [0.1, 0.15) is 10.4 Å². The van der Waals surface area contributed by atoms with Gasteiger partial charge in [-0.2, -0.15) is 0 Å². The molecule has 4 heteroatoms. The van der Waals surface area contributed by atoms with Gasteiger partial charge in [0.2, 0.25) is 0 Å². The van der Waals surface area contributed by atoms with Crippen molar-refractivity contribution in [1.29, 1.82) is 0 Å². The molecule has 2 rings (SSSR count). The summed E-state index contributed by atoms with van der Waals surface area (Å²) >= 11 is 13.6. The van der Waals surface area contributed by atoms with Crippen molar-refractivity contribution in [2.24, 2.45) is 0 Å². The van der Waals surface area contributed by atoms with Crippen LogP contribution in [-0.4, -0.2) is 11.2 Å². The van der Waals surface area contributed by atoms with Gasteiger partial charge in [0, 0.05) is 27.8 Å². The molecule has 1 N–H and O–H groups in total. The lowest BCUT2D eigenvalue weighted by atomic mass is 10.1. The van der Waals surface area contributed by atoms with Crippen molar-refractivity contribution in [3.8, 4) is 0 Å². The van der Waals surface area contributed by atoms with Gasteiger partial charge in [-0.15, -0.1) is 11.3 Å². The van der Waals surface area contributed by atoms with Crippen molar-refractivity contribution in [2.45, 2.75) is 18.9 Å². The van der Waals surface area contributed by atoms with E-state index >= 15 is 0 Å². The van der Waals surface area contributed by atoms with Gasteiger partial charge in [-0.05, 0) is 35.2 Å². The summed E-state index contributed by atoms with van der Waals surface area (Å²) in [6, 6.07) is 9.32. The first-order valence-corrected chi connectivity index (χ1v) is 6.93. The minimum atomic E-state index is -0.426. The minimum absolute atomic E-state index is 0.426. The van der Waals surface area contributed by atoms with E-state index in [2.05, 4.69) is 0 Å². The third-order valence-electron chi connectivity index (χ3n) is 2.48. The maximum atomic E-state index is 9.99. The molecule has 0 saturated carbocycles. The molecule has 0 aliphatic rings. The van der Waals surface area contributed by atoms with Crippen LogP contribution in [0.15, 0.2) is 35.7 Å². The Labute approximate surface area is 115 Å². The Morgan fingerprint density at radius 1 is 1.18 bits per heavy atom. The summed E-state index contributed by atoms with van der Waals surface area (Å²) in [5.41, 5.74) is 0.892. The molecule has 1 heterocycles. The van der Waals surface area contributed by atoms with Gasteiger partial charge in [0.05, 0.1) is 6.10 Å². The van der Waals surface area contributed by atoms with Crippen LogP contribution in [0.2, 0.25) is 10.0 Å². The van der Waals surface area contributed by atoms with E-state index in [1.54, 1.807) is 23.5 Å². The number of thiophene rings is 1. The van der Waals surface area contributed by atoms with Crippen LogP contribution in [0.3, 0.4) is 0 Å². The SMILES string of the molecule is OC(Cc1cccs1)Cc1cc(Cl)ccc1Cl. The Morgan fingerprint density at radius 2 is 2.00 bits per heavy atom. The largest absolute Gasteiger partial charge is 0.392 e. The van der Waals surface area contributed by atoms with E-state index in [0.717, 1.165) is 5.56 Å². The third kappa shape index (κ3) is 3.71. The number of hydrogen-bond donors (Lipinski definition) is 1. The Hall–Kier alpha value is -0.540. The second-order valence-corrected chi connectivity index (χ2v) is 5.75. The zero-order chi connectivity index (χ0) is 12.3. The van der Waals surface area contributed by atoms with Crippen LogP contribution in [0.5, 0.6) is 0 Å². The molecule has 0 amide bonds. The maximum absolute atomic E-state index is 9.99. The molecule has 0 fully saturated rings. The normalized spacial score (nSPS) is 12.6. The van der Waals surface area contributed by atoms with Gasteiger partial charge >= 0.3 is 0 Å². The molecule has 1 aromatic heterocycles. The smallest absolute Gasteiger partial charge is 0.0629 e. The Bertz CT molecular complexity index is 482. The highest BCUT2D eigenvalue weighted by Crippen LogP contribution is 2.23. The second kappa shape index (κ2) is 5.87. The van der Waals surface area contributed by atoms with Gasteiger partial charge in [0.25, 0.3) is 0 Å². The third-order valence-corrected chi connectivity index (χ3v) is 3.98. The lowest BCUT2D eigenvalue weighted by Gasteiger charge is -2.11. The lowest BCUT2D eigenvalue weighted by molar-refractivity contribution is 0.176. The van der Waals surface area contributed by atoms with Gasteiger partial charge in [-0.3, -0.25) is 0 Å². The zero-order valence-electron chi connectivity index (χ0n) is 9.07. The first kappa shape index (κ1) is 12.9. The first-order valence-electron chi connectivity index (χ1n) is 5.29. The van der Waals surface area contributed by atoms with Gasteiger partial charge in [-0.1, -0.05) is 29.3 Å². The summed E-state index contributed by atoms with van der Waals surface area (Å²) in [7, 11) is 0. The molecule has 0 saturated heterocycles. The number of benzene rings is 1. The van der Waals surface area contributed by atoms with Crippen LogP contribution in [0, 0.1) is 0 Å². The van der Waals surface area contributed by atoms with Crippen molar-refractivity contribution in [3.63, 3.8) is 0 Å². The van der Waals surface area contributed by atoms with Gasteiger partial charge < -0.3 is 5.11 Å². The van der Waals surface area contributed by atoms with Crippen molar-refractivity contribution >= 4 is 34.5 Å². The fourth-order valence-corrected chi connectivity index (χ4v) is 2.85. The van der Waals surface area contributed by atoms with E-state index in [0.29, 0.717) is 22.9 Å². The molecule has 0 aliphatic heterocycles. The quantitative estimate of drug-likeness (QED) is 0.893. The lowest BCUT2D eigenvalue weighted by Crippen LogP contribution is -2.13. The zero-order valence-corrected chi connectivity index (χ0v) is 11.4. The molecule has 0 bridgehead atoms. The molecule has 0 radical (unpaired) electrons.